The first kappa shape index (κ1) is 27.8. The van der Waals surface area contributed by atoms with Crippen LogP contribution in [0.25, 0.3) is 0 Å². The summed E-state index contributed by atoms with van der Waals surface area (Å²) in [5.41, 5.74) is 10.5. The number of carbonyl (C=O) groups is 6. The van der Waals surface area contributed by atoms with Gasteiger partial charge in [-0.3, -0.25) is 24.0 Å². The number of nitrogens with one attached hydrogen (secondary N) is 3. The van der Waals surface area contributed by atoms with E-state index < -0.39 is 78.5 Å². The zero-order valence-electron chi connectivity index (χ0n) is 17.7. The zero-order chi connectivity index (χ0) is 24.3. The largest absolute Gasteiger partial charge is 0.481 e. The van der Waals surface area contributed by atoms with E-state index in [-0.39, 0.29) is 6.42 Å². The quantitative estimate of drug-likeness (QED) is 0.151. The molecule has 5 unspecified atom stereocenters. The average Bonchev–Trinajstić information content (AvgIpc) is 2.66. The number of carbonyl (C=O) groups excluding carboxylic acids is 4. The molecule has 0 rings (SSSR count). The molecule has 0 aromatic rings. The van der Waals surface area contributed by atoms with Gasteiger partial charge in [-0.1, -0.05) is 20.3 Å². The van der Waals surface area contributed by atoms with Crippen LogP contribution >= 0.6 is 0 Å². The van der Waals surface area contributed by atoms with Gasteiger partial charge in [-0.2, -0.15) is 0 Å². The molecule has 0 saturated carbocycles. The number of hydrogen-bond donors (Lipinski definition) is 7. The number of carboxylic acids is 2. The summed E-state index contributed by atoms with van der Waals surface area (Å²) < 4.78 is 0. The van der Waals surface area contributed by atoms with Crippen molar-refractivity contribution in [1.29, 1.82) is 0 Å². The minimum absolute atomic E-state index is 0.332. The van der Waals surface area contributed by atoms with Gasteiger partial charge < -0.3 is 37.6 Å². The SMILES string of the molecule is CCC(C)C(NC(=O)C(C)NC(=O)C(N)CC(N)=O)C(=O)NC(CCC(=O)O)C(=O)O. The Morgan fingerprint density at radius 1 is 0.903 bits per heavy atom. The Morgan fingerprint density at radius 2 is 1.48 bits per heavy atom. The summed E-state index contributed by atoms with van der Waals surface area (Å²) in [6.07, 6.45) is -0.755. The molecule has 0 aliphatic rings. The lowest BCUT2D eigenvalue weighted by molar-refractivity contribution is -0.143. The maximum absolute atomic E-state index is 12.6. The molecule has 0 saturated heterocycles. The van der Waals surface area contributed by atoms with Gasteiger partial charge in [-0.25, -0.2) is 4.79 Å². The van der Waals surface area contributed by atoms with E-state index in [1.165, 1.54) is 6.92 Å². The third-order valence-corrected chi connectivity index (χ3v) is 4.56. The van der Waals surface area contributed by atoms with Crippen LogP contribution in [0, 0.1) is 5.92 Å². The number of rotatable bonds is 14. The highest BCUT2D eigenvalue weighted by atomic mass is 16.4. The molecule has 9 N–H and O–H groups in total. The fraction of sp³-hybridized carbons (Fsp3) is 0.667. The maximum atomic E-state index is 12.6. The summed E-state index contributed by atoms with van der Waals surface area (Å²) >= 11 is 0. The molecule has 5 atom stereocenters. The van der Waals surface area contributed by atoms with Gasteiger partial charge in [0.05, 0.1) is 12.5 Å². The van der Waals surface area contributed by atoms with Gasteiger partial charge in [0.2, 0.25) is 23.6 Å². The second-order valence-corrected chi connectivity index (χ2v) is 7.21. The molecule has 0 bridgehead atoms. The van der Waals surface area contributed by atoms with Crippen molar-refractivity contribution < 1.29 is 39.0 Å². The van der Waals surface area contributed by atoms with Crippen molar-refractivity contribution in [3.8, 4) is 0 Å². The normalized spacial score (nSPS) is 15.5. The summed E-state index contributed by atoms with van der Waals surface area (Å²) in [4.78, 5) is 69.9. The van der Waals surface area contributed by atoms with Crippen LogP contribution in [-0.4, -0.2) is 69.9 Å². The summed E-state index contributed by atoms with van der Waals surface area (Å²) in [5, 5.41) is 24.9. The molecule has 0 heterocycles. The molecule has 0 aliphatic carbocycles. The van der Waals surface area contributed by atoms with Crippen LogP contribution in [0.4, 0.5) is 0 Å². The minimum atomic E-state index is -1.45. The van der Waals surface area contributed by atoms with Crippen LogP contribution in [0.3, 0.4) is 0 Å². The number of carboxylic acid groups (broad SMARTS) is 2. The predicted molar refractivity (Wildman–Crippen MR) is 107 cm³/mol. The highest BCUT2D eigenvalue weighted by Crippen LogP contribution is 2.10. The van der Waals surface area contributed by atoms with Crippen LogP contribution < -0.4 is 27.4 Å². The van der Waals surface area contributed by atoms with Gasteiger partial charge in [-0.15, -0.1) is 0 Å². The molecule has 0 aliphatic heterocycles. The Morgan fingerprint density at radius 3 is 1.94 bits per heavy atom. The molecule has 13 nitrogen and oxygen atoms in total. The molecule has 0 fully saturated rings. The van der Waals surface area contributed by atoms with Gasteiger partial charge >= 0.3 is 11.9 Å². The van der Waals surface area contributed by atoms with Gasteiger partial charge in [0, 0.05) is 6.42 Å². The Balaban J connectivity index is 5.18. The predicted octanol–water partition coefficient (Wildman–Crippen LogP) is -2.34. The van der Waals surface area contributed by atoms with Crippen LogP contribution in [-0.2, 0) is 28.8 Å². The van der Waals surface area contributed by atoms with Crippen LogP contribution in [0.5, 0.6) is 0 Å². The van der Waals surface area contributed by atoms with E-state index in [0.29, 0.717) is 6.42 Å². The van der Waals surface area contributed by atoms with Crippen LogP contribution in [0.2, 0.25) is 0 Å². The number of aliphatic carboxylic acids is 2. The van der Waals surface area contributed by atoms with Crippen molar-refractivity contribution in [2.75, 3.05) is 0 Å². The number of hydrogen-bond acceptors (Lipinski definition) is 7. The van der Waals surface area contributed by atoms with Gasteiger partial charge in [-0.05, 0) is 19.3 Å². The fourth-order valence-corrected chi connectivity index (χ4v) is 2.46. The van der Waals surface area contributed by atoms with E-state index in [9.17, 15) is 33.9 Å². The second-order valence-electron chi connectivity index (χ2n) is 7.21. The number of nitrogens with two attached hydrogens (primary N) is 2. The standard InChI is InChI=1S/C18H31N5O8/c1-4-8(2)14(17(29)22-11(18(30)31)5-6-13(25)26)23-15(27)9(3)21-16(28)10(19)7-12(20)24/h8-11,14H,4-7,19H2,1-3H3,(H2,20,24)(H,21,28)(H,22,29)(H,23,27)(H,25,26)(H,30,31). The molecular formula is C18H31N5O8. The van der Waals surface area contributed by atoms with Crippen molar-refractivity contribution in [2.45, 2.75) is 70.6 Å². The molecule has 0 aromatic heterocycles. The topological polar surface area (TPSA) is 231 Å². The van der Waals surface area contributed by atoms with Gasteiger partial charge in [0.1, 0.15) is 18.1 Å². The average molecular weight is 445 g/mol. The highest BCUT2D eigenvalue weighted by molar-refractivity contribution is 5.95. The summed E-state index contributed by atoms with van der Waals surface area (Å²) in [6.45, 7) is 4.75. The molecule has 0 spiro atoms. The third-order valence-electron chi connectivity index (χ3n) is 4.56. The summed E-state index contributed by atoms with van der Waals surface area (Å²) in [5.74, 6) is -6.14. The highest BCUT2D eigenvalue weighted by Gasteiger charge is 2.31. The number of amides is 4. The first-order valence-corrected chi connectivity index (χ1v) is 9.69. The Hall–Kier alpha value is -3.22. The zero-order valence-corrected chi connectivity index (χ0v) is 17.7. The van der Waals surface area contributed by atoms with Gasteiger partial charge in [0.15, 0.2) is 0 Å². The third kappa shape index (κ3) is 10.4. The molecule has 176 valence electrons. The molecule has 4 amide bonds. The number of primary amides is 1. The molecule has 0 radical (unpaired) electrons. The van der Waals surface area contributed by atoms with E-state index >= 15 is 0 Å². The van der Waals surface area contributed by atoms with Crippen molar-refractivity contribution in [3.05, 3.63) is 0 Å². The smallest absolute Gasteiger partial charge is 0.326 e. The Kier molecular flexibility index (Phi) is 11.8. The first-order chi connectivity index (χ1) is 14.3. The van der Waals surface area contributed by atoms with Crippen LogP contribution in [0.15, 0.2) is 0 Å². The van der Waals surface area contributed by atoms with Crippen molar-refractivity contribution in [2.24, 2.45) is 17.4 Å². The van der Waals surface area contributed by atoms with Gasteiger partial charge in [0.25, 0.3) is 0 Å². The molecule has 13 heteroatoms. The lowest BCUT2D eigenvalue weighted by Crippen LogP contribution is -2.58. The van der Waals surface area contributed by atoms with E-state index in [1.807, 2.05) is 0 Å². The van der Waals surface area contributed by atoms with Crippen molar-refractivity contribution >= 4 is 35.6 Å². The summed E-state index contributed by atoms with van der Waals surface area (Å²) in [7, 11) is 0. The van der Waals surface area contributed by atoms with E-state index in [4.69, 9.17) is 16.6 Å². The van der Waals surface area contributed by atoms with Crippen LogP contribution in [0.1, 0.15) is 46.5 Å². The monoisotopic (exact) mass is 445 g/mol. The van der Waals surface area contributed by atoms with E-state index in [2.05, 4.69) is 16.0 Å². The molecular weight excluding hydrogens is 414 g/mol. The van der Waals surface area contributed by atoms with E-state index in [1.54, 1.807) is 13.8 Å². The maximum Gasteiger partial charge on any atom is 0.326 e. The Labute approximate surface area is 179 Å². The van der Waals surface area contributed by atoms with E-state index in [0.717, 1.165) is 0 Å². The fourth-order valence-electron chi connectivity index (χ4n) is 2.46. The lowest BCUT2D eigenvalue weighted by Gasteiger charge is -2.27. The summed E-state index contributed by atoms with van der Waals surface area (Å²) in [6, 6.07) is -4.95. The first-order valence-electron chi connectivity index (χ1n) is 9.69. The Bertz CT molecular complexity index is 698. The second kappa shape index (κ2) is 13.2. The minimum Gasteiger partial charge on any atom is -0.481 e. The molecule has 31 heavy (non-hydrogen) atoms. The van der Waals surface area contributed by atoms with Crippen molar-refractivity contribution in [1.82, 2.24) is 16.0 Å². The van der Waals surface area contributed by atoms with Crippen molar-refractivity contribution in [3.63, 3.8) is 0 Å². The molecule has 0 aromatic carbocycles. The lowest BCUT2D eigenvalue weighted by atomic mass is 9.97.